The van der Waals surface area contributed by atoms with Gasteiger partial charge in [-0.15, -0.1) is 0 Å². The van der Waals surface area contributed by atoms with Crippen LogP contribution in [-0.4, -0.2) is 30.2 Å². The number of hydrogen-bond acceptors (Lipinski definition) is 3. The Kier molecular flexibility index (Phi) is 7.36. The predicted octanol–water partition coefficient (Wildman–Crippen LogP) is 4.06. The van der Waals surface area contributed by atoms with Crippen molar-refractivity contribution in [3.63, 3.8) is 0 Å². The molecule has 0 fully saturated rings. The average molecular weight is 383 g/mol. The van der Waals surface area contributed by atoms with Gasteiger partial charge < -0.3 is 15.0 Å². The van der Waals surface area contributed by atoms with Crippen LogP contribution >= 0.6 is 0 Å². The summed E-state index contributed by atoms with van der Waals surface area (Å²) in [6.07, 6.45) is -2.59. The molecular weight excluding hydrogens is 358 g/mol. The molecule has 0 saturated heterocycles. The Balaban J connectivity index is 1.99. The number of allylic oxidation sites excluding steroid dienone is 1. The second kappa shape index (κ2) is 9.31. The molecule has 1 aromatic rings. The van der Waals surface area contributed by atoms with Gasteiger partial charge in [0.25, 0.3) is 0 Å². The number of para-hydroxylation sites is 1. The maximum Gasteiger partial charge on any atom is 0.547 e. The third kappa shape index (κ3) is 6.31. The summed E-state index contributed by atoms with van der Waals surface area (Å²) in [5.74, 6) is -0.664. The quantitative estimate of drug-likeness (QED) is 0.666. The molecule has 2 rings (SSSR count). The second-order valence-electron chi connectivity index (χ2n) is 6.86. The second-order valence-corrected chi connectivity index (χ2v) is 6.86. The number of amides is 1. The largest absolute Gasteiger partial charge is 0.547 e. The summed E-state index contributed by atoms with van der Waals surface area (Å²) in [5, 5.41) is 12.8. The van der Waals surface area contributed by atoms with Crippen LogP contribution in [0.2, 0.25) is 0 Å². The smallest absolute Gasteiger partial charge is 0.534 e. The minimum absolute atomic E-state index is 0.247. The SMILES string of the molecule is C=C(CCCC)c1cccc2c1OB(O)[C@@H](NC(=O)CCCC(F)(F)F)C2. The van der Waals surface area contributed by atoms with E-state index in [2.05, 4.69) is 18.8 Å². The Morgan fingerprint density at radius 1 is 1.37 bits per heavy atom. The van der Waals surface area contributed by atoms with Gasteiger partial charge in [-0.2, -0.15) is 13.2 Å². The minimum Gasteiger partial charge on any atom is -0.534 e. The summed E-state index contributed by atoms with van der Waals surface area (Å²) >= 11 is 0. The molecule has 148 valence electrons. The van der Waals surface area contributed by atoms with Gasteiger partial charge in [-0.3, -0.25) is 4.79 Å². The van der Waals surface area contributed by atoms with Crippen molar-refractivity contribution in [2.24, 2.45) is 0 Å². The van der Waals surface area contributed by atoms with Crippen molar-refractivity contribution in [1.29, 1.82) is 0 Å². The molecule has 1 aliphatic heterocycles. The van der Waals surface area contributed by atoms with Crippen LogP contribution in [0.4, 0.5) is 13.2 Å². The molecule has 0 unspecified atom stereocenters. The minimum atomic E-state index is -4.27. The van der Waals surface area contributed by atoms with Gasteiger partial charge in [0, 0.05) is 18.4 Å². The Bertz CT molecular complexity index is 679. The van der Waals surface area contributed by atoms with Gasteiger partial charge in [-0.1, -0.05) is 38.1 Å². The molecule has 1 heterocycles. The number of alkyl halides is 3. The molecule has 2 N–H and O–H groups in total. The first-order chi connectivity index (χ1) is 12.7. The third-order valence-corrected chi connectivity index (χ3v) is 4.54. The normalized spacial score (nSPS) is 16.5. The summed E-state index contributed by atoms with van der Waals surface area (Å²) in [5.41, 5.74) is 2.60. The highest BCUT2D eigenvalue weighted by Gasteiger charge is 2.37. The Hall–Kier alpha value is -1.96. The van der Waals surface area contributed by atoms with E-state index in [9.17, 15) is 23.0 Å². The fraction of sp³-hybridized carbons (Fsp3) is 0.526. The van der Waals surface area contributed by atoms with E-state index in [1.165, 1.54) is 0 Å². The lowest BCUT2D eigenvalue weighted by atomic mass is 9.72. The van der Waals surface area contributed by atoms with Crippen LogP contribution in [0.1, 0.15) is 56.6 Å². The lowest BCUT2D eigenvalue weighted by Gasteiger charge is -2.30. The van der Waals surface area contributed by atoms with Crippen molar-refractivity contribution in [3.05, 3.63) is 35.9 Å². The molecule has 8 heteroatoms. The summed E-state index contributed by atoms with van der Waals surface area (Å²) in [6.45, 7) is 6.19. The Morgan fingerprint density at radius 2 is 2.11 bits per heavy atom. The van der Waals surface area contributed by atoms with E-state index in [1.807, 2.05) is 18.2 Å². The fourth-order valence-electron chi connectivity index (χ4n) is 3.08. The van der Waals surface area contributed by atoms with Gasteiger partial charge in [-0.25, -0.2) is 0 Å². The molecule has 27 heavy (non-hydrogen) atoms. The topological polar surface area (TPSA) is 58.6 Å². The lowest BCUT2D eigenvalue weighted by Crippen LogP contribution is -2.53. The Labute approximate surface area is 157 Å². The zero-order valence-corrected chi connectivity index (χ0v) is 15.4. The average Bonchev–Trinajstić information content (AvgIpc) is 2.58. The van der Waals surface area contributed by atoms with E-state index >= 15 is 0 Å². The first-order valence-corrected chi connectivity index (χ1v) is 9.22. The number of fused-ring (bicyclic) bond motifs is 1. The summed E-state index contributed by atoms with van der Waals surface area (Å²) in [6, 6.07) is 5.61. The van der Waals surface area contributed by atoms with Crippen LogP contribution < -0.4 is 9.97 Å². The monoisotopic (exact) mass is 383 g/mol. The van der Waals surface area contributed by atoms with Gasteiger partial charge in [0.15, 0.2) is 0 Å². The number of carbonyl (C=O) groups is 1. The maximum absolute atomic E-state index is 12.2. The third-order valence-electron chi connectivity index (χ3n) is 4.54. The van der Waals surface area contributed by atoms with Crippen molar-refractivity contribution in [2.45, 2.75) is 64.0 Å². The van der Waals surface area contributed by atoms with Gasteiger partial charge in [-0.05, 0) is 36.8 Å². The number of nitrogens with one attached hydrogen (secondary N) is 1. The fourth-order valence-corrected chi connectivity index (χ4v) is 3.08. The van der Waals surface area contributed by atoms with Gasteiger partial charge in [0.05, 0.1) is 5.94 Å². The van der Waals surface area contributed by atoms with E-state index < -0.39 is 31.6 Å². The summed E-state index contributed by atoms with van der Waals surface area (Å²) < 4.78 is 42.2. The molecule has 0 radical (unpaired) electrons. The molecule has 0 aromatic heterocycles. The van der Waals surface area contributed by atoms with E-state index in [0.717, 1.165) is 36.0 Å². The number of halogens is 3. The highest BCUT2D eigenvalue weighted by molar-refractivity contribution is 6.46. The van der Waals surface area contributed by atoms with Crippen molar-refractivity contribution < 1.29 is 27.6 Å². The van der Waals surface area contributed by atoms with Crippen molar-refractivity contribution >= 4 is 18.6 Å². The van der Waals surface area contributed by atoms with Crippen molar-refractivity contribution in [1.82, 2.24) is 5.32 Å². The molecule has 0 bridgehead atoms. The van der Waals surface area contributed by atoms with Crippen molar-refractivity contribution in [2.75, 3.05) is 0 Å². The number of unbranched alkanes of at least 4 members (excludes halogenated alkanes) is 1. The molecular formula is C19H25BF3NO3. The first-order valence-electron chi connectivity index (χ1n) is 9.22. The van der Waals surface area contributed by atoms with Crippen LogP contribution in [0.5, 0.6) is 5.75 Å². The molecule has 1 aliphatic rings. The zero-order valence-electron chi connectivity index (χ0n) is 15.4. The Morgan fingerprint density at radius 3 is 2.78 bits per heavy atom. The van der Waals surface area contributed by atoms with E-state index in [0.29, 0.717) is 12.2 Å². The number of benzene rings is 1. The summed E-state index contributed by atoms with van der Waals surface area (Å²) in [4.78, 5) is 11.9. The number of hydrogen-bond donors (Lipinski definition) is 2. The highest BCUT2D eigenvalue weighted by atomic mass is 19.4. The van der Waals surface area contributed by atoms with E-state index in [4.69, 9.17) is 4.65 Å². The van der Waals surface area contributed by atoms with E-state index in [-0.39, 0.29) is 12.8 Å². The predicted molar refractivity (Wildman–Crippen MR) is 99.1 cm³/mol. The van der Waals surface area contributed by atoms with Crippen LogP contribution in [0, 0.1) is 0 Å². The molecule has 0 saturated carbocycles. The standard InChI is InChI=1S/C19H25BF3NO3/c1-3-4-7-13(2)15-9-5-8-14-12-16(20(26)27-18(14)15)24-17(25)10-6-11-19(21,22)23/h5,8-9,16,26H,2-4,6-7,10-12H2,1H3,(H,24,25)/t16-/m0/s1. The van der Waals surface area contributed by atoms with Gasteiger partial charge in [0.2, 0.25) is 5.91 Å². The molecule has 1 atom stereocenters. The van der Waals surface area contributed by atoms with Crippen LogP contribution in [0.15, 0.2) is 24.8 Å². The maximum atomic E-state index is 12.2. The number of rotatable bonds is 8. The first kappa shape index (κ1) is 21.3. The summed E-state index contributed by atoms with van der Waals surface area (Å²) in [7, 11) is -1.26. The highest BCUT2D eigenvalue weighted by Crippen LogP contribution is 2.35. The van der Waals surface area contributed by atoms with Gasteiger partial charge >= 0.3 is 13.3 Å². The molecule has 0 spiro atoms. The van der Waals surface area contributed by atoms with Crippen molar-refractivity contribution in [3.8, 4) is 5.75 Å². The van der Waals surface area contributed by atoms with Crippen LogP contribution in [-0.2, 0) is 11.2 Å². The van der Waals surface area contributed by atoms with Crippen LogP contribution in [0.3, 0.4) is 0 Å². The van der Waals surface area contributed by atoms with E-state index in [1.54, 1.807) is 0 Å². The molecule has 0 aliphatic carbocycles. The lowest BCUT2D eigenvalue weighted by molar-refractivity contribution is -0.137. The molecule has 1 amide bonds. The van der Waals surface area contributed by atoms with Crippen LogP contribution in [0.25, 0.3) is 5.57 Å². The zero-order chi connectivity index (χ0) is 20.0. The number of carbonyl (C=O) groups excluding carboxylic acids is 1. The van der Waals surface area contributed by atoms with Gasteiger partial charge in [0.1, 0.15) is 5.75 Å². The molecule has 4 nitrogen and oxygen atoms in total. The molecule has 1 aromatic carbocycles.